The van der Waals surface area contributed by atoms with Gasteiger partial charge in [0.25, 0.3) is 17.7 Å². The molecule has 2 aliphatic rings. The molecule has 0 radical (unpaired) electrons. The van der Waals surface area contributed by atoms with Gasteiger partial charge in [0.05, 0.1) is 16.7 Å². The minimum absolute atomic E-state index is 0.0596. The molecule has 2 aromatic carbocycles. The number of benzene rings is 2. The van der Waals surface area contributed by atoms with Crippen LogP contribution < -0.4 is 14.8 Å². The summed E-state index contributed by atoms with van der Waals surface area (Å²) in [6.07, 6.45) is 0.331. The predicted molar refractivity (Wildman–Crippen MR) is 113 cm³/mol. The number of rotatable bonds is 6. The van der Waals surface area contributed by atoms with E-state index in [1.807, 2.05) is 0 Å². The summed E-state index contributed by atoms with van der Waals surface area (Å²) in [4.78, 5) is 50.8. The van der Waals surface area contributed by atoms with E-state index in [-0.39, 0.29) is 23.2 Å². The third-order valence-electron chi connectivity index (χ3n) is 4.98. The Kier molecular flexibility index (Phi) is 5.63. The van der Waals surface area contributed by atoms with Crippen molar-refractivity contribution in [3.8, 4) is 11.5 Å². The Bertz CT molecular complexity index is 1140. The molecule has 3 amide bonds. The molecule has 0 fully saturated rings. The van der Waals surface area contributed by atoms with E-state index in [9.17, 15) is 19.2 Å². The second-order valence-corrected chi connectivity index (χ2v) is 7.17. The fraction of sp³-hybridized carbons (Fsp3) is 0.217. The summed E-state index contributed by atoms with van der Waals surface area (Å²) in [6, 6.07) is 9.03. The number of carbonyl (C=O) groups is 4. The molecule has 32 heavy (non-hydrogen) atoms. The van der Waals surface area contributed by atoms with E-state index < -0.39 is 29.8 Å². The summed E-state index contributed by atoms with van der Waals surface area (Å²) < 4.78 is 16.2. The third-order valence-corrected chi connectivity index (χ3v) is 4.98. The van der Waals surface area contributed by atoms with Crippen LogP contribution in [0, 0.1) is 0 Å². The highest BCUT2D eigenvalue weighted by atomic mass is 16.6. The fourth-order valence-corrected chi connectivity index (χ4v) is 3.36. The predicted octanol–water partition coefficient (Wildman–Crippen LogP) is 2.42. The molecule has 0 saturated heterocycles. The van der Waals surface area contributed by atoms with Gasteiger partial charge in [-0.2, -0.15) is 0 Å². The first-order chi connectivity index (χ1) is 15.4. The first-order valence-electron chi connectivity index (χ1n) is 9.91. The molecule has 0 bridgehead atoms. The third kappa shape index (κ3) is 3.92. The van der Waals surface area contributed by atoms with Crippen LogP contribution in [0.4, 0.5) is 5.69 Å². The molecular weight excluding hydrogens is 416 g/mol. The summed E-state index contributed by atoms with van der Waals surface area (Å²) in [6.45, 7) is 5.91. The van der Waals surface area contributed by atoms with Gasteiger partial charge in [-0.05, 0) is 37.3 Å². The van der Waals surface area contributed by atoms with E-state index in [1.165, 1.54) is 31.2 Å². The largest absolute Gasteiger partial charge is 0.486 e. The van der Waals surface area contributed by atoms with E-state index in [1.54, 1.807) is 18.2 Å². The Morgan fingerprint density at radius 1 is 1.09 bits per heavy atom. The minimum atomic E-state index is -1.11. The maximum absolute atomic E-state index is 12.5. The number of esters is 1. The molecule has 9 nitrogen and oxygen atoms in total. The van der Waals surface area contributed by atoms with E-state index in [2.05, 4.69) is 11.9 Å². The number of nitrogens with zero attached hydrogens (tertiary/aromatic N) is 1. The number of carbonyl (C=O) groups excluding carboxylic acids is 4. The lowest BCUT2D eigenvalue weighted by Crippen LogP contribution is -2.30. The zero-order chi connectivity index (χ0) is 22.8. The number of anilines is 1. The Labute approximate surface area is 183 Å². The molecule has 2 heterocycles. The van der Waals surface area contributed by atoms with Crippen molar-refractivity contribution in [2.45, 2.75) is 13.0 Å². The standard InChI is InChI=1S/C23H20N2O7/c1-3-8-25-21(27)16-6-4-14(11-17(16)22(25)28)23(29)32-13(2)20(26)24-15-5-7-18-19(12-15)31-10-9-30-18/h3-7,11-13H,1,8-10H2,2H3,(H,24,26). The molecule has 2 aliphatic heterocycles. The zero-order valence-corrected chi connectivity index (χ0v) is 17.3. The van der Waals surface area contributed by atoms with Crippen molar-refractivity contribution < 1.29 is 33.4 Å². The number of fused-ring (bicyclic) bond motifs is 2. The molecule has 2 aromatic rings. The lowest BCUT2D eigenvalue weighted by molar-refractivity contribution is -0.123. The number of hydrogen-bond donors (Lipinski definition) is 1. The molecule has 0 saturated carbocycles. The Morgan fingerprint density at radius 3 is 2.56 bits per heavy atom. The van der Waals surface area contributed by atoms with E-state index in [0.717, 1.165) is 4.90 Å². The van der Waals surface area contributed by atoms with Crippen molar-refractivity contribution in [1.82, 2.24) is 4.90 Å². The fourth-order valence-electron chi connectivity index (χ4n) is 3.36. The Balaban J connectivity index is 1.42. The van der Waals surface area contributed by atoms with Crippen LogP contribution in [0.2, 0.25) is 0 Å². The van der Waals surface area contributed by atoms with Crippen molar-refractivity contribution in [2.75, 3.05) is 25.1 Å². The van der Waals surface area contributed by atoms with Crippen molar-refractivity contribution in [1.29, 1.82) is 0 Å². The molecule has 0 aromatic heterocycles. The summed E-state index contributed by atoms with van der Waals surface area (Å²) in [7, 11) is 0. The second kappa shape index (κ2) is 8.54. The van der Waals surface area contributed by atoms with Gasteiger partial charge in [0.1, 0.15) is 13.2 Å². The molecule has 0 spiro atoms. The quantitative estimate of drug-likeness (QED) is 0.421. The van der Waals surface area contributed by atoms with E-state index in [0.29, 0.717) is 30.4 Å². The summed E-state index contributed by atoms with van der Waals surface area (Å²) in [5.41, 5.74) is 0.841. The van der Waals surface area contributed by atoms with Crippen molar-refractivity contribution >= 4 is 29.4 Å². The number of hydrogen-bond acceptors (Lipinski definition) is 7. The molecule has 0 aliphatic carbocycles. The molecule has 1 atom stereocenters. The van der Waals surface area contributed by atoms with Crippen molar-refractivity contribution in [3.05, 3.63) is 65.7 Å². The topological polar surface area (TPSA) is 111 Å². The Morgan fingerprint density at radius 2 is 1.81 bits per heavy atom. The second-order valence-electron chi connectivity index (χ2n) is 7.17. The van der Waals surface area contributed by atoms with Gasteiger partial charge in [0, 0.05) is 18.3 Å². The molecule has 9 heteroatoms. The van der Waals surface area contributed by atoms with Crippen LogP contribution >= 0.6 is 0 Å². The van der Waals surface area contributed by atoms with Gasteiger partial charge < -0.3 is 19.5 Å². The maximum atomic E-state index is 12.5. The average molecular weight is 436 g/mol. The highest BCUT2D eigenvalue weighted by Crippen LogP contribution is 2.32. The average Bonchev–Trinajstić information content (AvgIpc) is 3.03. The summed E-state index contributed by atoms with van der Waals surface area (Å²) >= 11 is 0. The number of ether oxygens (including phenoxy) is 3. The monoisotopic (exact) mass is 436 g/mol. The SMILES string of the molecule is C=CCN1C(=O)c2ccc(C(=O)OC(C)C(=O)Nc3ccc4c(c3)OCCO4)cc2C1=O. The first-order valence-corrected chi connectivity index (χ1v) is 9.91. The summed E-state index contributed by atoms with van der Waals surface area (Å²) in [5, 5.41) is 2.66. The molecule has 164 valence electrons. The Hall–Kier alpha value is -4.14. The van der Waals surface area contributed by atoms with Gasteiger partial charge in [0.15, 0.2) is 17.6 Å². The molecule has 1 unspecified atom stereocenters. The van der Waals surface area contributed by atoms with Gasteiger partial charge >= 0.3 is 5.97 Å². The van der Waals surface area contributed by atoms with Gasteiger partial charge in [0.2, 0.25) is 0 Å². The molecular formula is C23H20N2O7. The summed E-state index contributed by atoms with van der Waals surface area (Å²) in [5.74, 6) is -1.19. The van der Waals surface area contributed by atoms with Crippen LogP contribution in [0.25, 0.3) is 0 Å². The molecule has 4 rings (SSSR count). The smallest absolute Gasteiger partial charge is 0.338 e. The van der Waals surface area contributed by atoms with Gasteiger partial charge in [-0.1, -0.05) is 6.08 Å². The van der Waals surface area contributed by atoms with Crippen LogP contribution in [-0.4, -0.2) is 54.5 Å². The van der Waals surface area contributed by atoms with Crippen LogP contribution in [-0.2, 0) is 9.53 Å². The van der Waals surface area contributed by atoms with Crippen LogP contribution in [0.15, 0.2) is 49.1 Å². The van der Waals surface area contributed by atoms with E-state index >= 15 is 0 Å². The highest BCUT2D eigenvalue weighted by molar-refractivity contribution is 6.22. The zero-order valence-electron chi connectivity index (χ0n) is 17.3. The number of imide groups is 1. The lowest BCUT2D eigenvalue weighted by atomic mass is 10.1. The highest BCUT2D eigenvalue weighted by Gasteiger charge is 2.35. The van der Waals surface area contributed by atoms with Crippen LogP contribution in [0.1, 0.15) is 38.0 Å². The van der Waals surface area contributed by atoms with Gasteiger partial charge in [-0.15, -0.1) is 6.58 Å². The first kappa shape index (κ1) is 21.1. The lowest BCUT2D eigenvalue weighted by Gasteiger charge is -2.19. The van der Waals surface area contributed by atoms with Crippen LogP contribution in [0.3, 0.4) is 0 Å². The number of amides is 3. The van der Waals surface area contributed by atoms with Crippen molar-refractivity contribution in [2.24, 2.45) is 0 Å². The van der Waals surface area contributed by atoms with E-state index in [4.69, 9.17) is 14.2 Å². The maximum Gasteiger partial charge on any atom is 0.338 e. The van der Waals surface area contributed by atoms with Crippen molar-refractivity contribution in [3.63, 3.8) is 0 Å². The van der Waals surface area contributed by atoms with Crippen LogP contribution in [0.5, 0.6) is 11.5 Å². The number of nitrogens with one attached hydrogen (secondary N) is 1. The molecule has 1 N–H and O–H groups in total. The van der Waals surface area contributed by atoms with Gasteiger partial charge in [-0.25, -0.2) is 4.79 Å². The normalized spacial score (nSPS) is 15.1. The minimum Gasteiger partial charge on any atom is -0.486 e. The van der Waals surface area contributed by atoms with Gasteiger partial charge in [-0.3, -0.25) is 19.3 Å².